The second-order valence-corrected chi connectivity index (χ2v) is 9.54. The highest BCUT2D eigenvalue weighted by atomic mass is 35.5. The van der Waals surface area contributed by atoms with Crippen LogP contribution in [0.15, 0.2) is 0 Å². The van der Waals surface area contributed by atoms with Crippen molar-refractivity contribution in [2.24, 2.45) is 16.7 Å². The topological polar surface area (TPSA) is 0 Å². The van der Waals surface area contributed by atoms with Crippen molar-refractivity contribution in [3.63, 3.8) is 0 Å². The quantitative estimate of drug-likeness (QED) is 0.497. The van der Waals surface area contributed by atoms with Gasteiger partial charge in [-0.1, -0.05) is 0 Å². The molecule has 0 radical (unpaired) electrons. The predicted molar refractivity (Wildman–Crippen MR) is 83.4 cm³/mol. The lowest BCUT2D eigenvalue weighted by Crippen LogP contribution is -2.50. The summed E-state index contributed by atoms with van der Waals surface area (Å²) in [6.07, 6.45) is 0.884. The van der Waals surface area contributed by atoms with E-state index in [-0.39, 0.29) is 17.2 Å². The molecule has 0 aromatic rings. The molecule has 0 aromatic heterocycles. The van der Waals surface area contributed by atoms with Gasteiger partial charge in [0.05, 0.1) is 0 Å². The van der Waals surface area contributed by atoms with Crippen LogP contribution in [0.2, 0.25) is 0 Å². The Bertz CT molecular complexity index is 335. The first-order valence-electron chi connectivity index (χ1n) is 5.31. The Hall–Kier alpha value is 2.32. The minimum atomic E-state index is -1.01. The first kappa shape index (κ1) is 16.7. The van der Waals surface area contributed by atoms with Crippen LogP contribution in [0.1, 0.15) is 12.8 Å². The van der Waals surface area contributed by atoms with Crippen molar-refractivity contribution >= 4 is 92.8 Å². The van der Waals surface area contributed by atoms with Gasteiger partial charge in [-0.15, -0.1) is 92.8 Å². The standard InChI is InChI=1S/C10H10Cl8/c11-3-9(7(15)16)4-1-5(12)8(9,6(13)14)2-10(4,17)18/h4-7H,1-3H2/t4-,5-,8-,9-/m0/s1. The number of alkyl halides is 8. The van der Waals surface area contributed by atoms with Gasteiger partial charge in [0.2, 0.25) is 0 Å². The van der Waals surface area contributed by atoms with Crippen LogP contribution >= 0.6 is 92.8 Å². The molecule has 0 spiro atoms. The summed E-state index contributed by atoms with van der Waals surface area (Å²) in [7, 11) is 0. The number of hydrogen-bond acceptors (Lipinski definition) is 0. The number of halogens is 8. The van der Waals surface area contributed by atoms with Crippen molar-refractivity contribution in [1.82, 2.24) is 0 Å². The molecule has 0 saturated heterocycles. The summed E-state index contributed by atoms with van der Waals surface area (Å²) in [6.45, 7) is 0. The van der Waals surface area contributed by atoms with Crippen LogP contribution in [0.3, 0.4) is 0 Å². The Morgan fingerprint density at radius 1 is 1.06 bits per heavy atom. The molecule has 18 heavy (non-hydrogen) atoms. The zero-order valence-corrected chi connectivity index (χ0v) is 15.0. The van der Waals surface area contributed by atoms with Gasteiger partial charge in [0.1, 0.15) is 14.0 Å². The molecule has 0 aliphatic heterocycles. The van der Waals surface area contributed by atoms with Crippen molar-refractivity contribution in [2.75, 3.05) is 5.88 Å². The third kappa shape index (κ3) is 1.86. The molecule has 2 saturated carbocycles. The van der Waals surface area contributed by atoms with Gasteiger partial charge < -0.3 is 0 Å². The van der Waals surface area contributed by atoms with Crippen LogP contribution in [0.4, 0.5) is 0 Å². The van der Waals surface area contributed by atoms with Crippen LogP contribution < -0.4 is 0 Å². The molecule has 2 rings (SSSR count). The zero-order chi connectivity index (χ0) is 13.9. The maximum Gasteiger partial charge on any atom is 0.122 e. The average molecular weight is 414 g/mol. The fourth-order valence-corrected chi connectivity index (χ4v) is 7.83. The average Bonchev–Trinajstić information content (AvgIpc) is 2.61. The van der Waals surface area contributed by atoms with Crippen molar-refractivity contribution in [2.45, 2.75) is 32.2 Å². The van der Waals surface area contributed by atoms with E-state index in [0.29, 0.717) is 12.8 Å². The monoisotopic (exact) mass is 410 g/mol. The van der Waals surface area contributed by atoms with Crippen molar-refractivity contribution in [3.05, 3.63) is 0 Å². The van der Waals surface area contributed by atoms with Crippen LogP contribution in [0.5, 0.6) is 0 Å². The summed E-state index contributed by atoms with van der Waals surface area (Å²) < 4.78 is -1.01. The van der Waals surface area contributed by atoms with Gasteiger partial charge >= 0.3 is 0 Å². The predicted octanol–water partition coefficient (Wildman–Crippen LogP) is 6.01. The maximum absolute atomic E-state index is 6.43. The number of rotatable bonds is 3. The fourth-order valence-electron chi connectivity index (χ4n) is 3.63. The Morgan fingerprint density at radius 3 is 1.94 bits per heavy atom. The summed E-state index contributed by atoms with van der Waals surface area (Å²) in [6, 6.07) is 0. The molecule has 106 valence electrons. The van der Waals surface area contributed by atoms with Crippen molar-refractivity contribution < 1.29 is 0 Å². The highest BCUT2D eigenvalue weighted by Gasteiger charge is 2.79. The smallest absolute Gasteiger partial charge is 0.122 e. The van der Waals surface area contributed by atoms with Crippen molar-refractivity contribution in [1.29, 1.82) is 0 Å². The van der Waals surface area contributed by atoms with E-state index < -0.39 is 24.8 Å². The molecule has 0 amide bonds. The van der Waals surface area contributed by atoms with Crippen LogP contribution in [-0.4, -0.2) is 25.3 Å². The summed E-state index contributed by atoms with van der Waals surface area (Å²) in [4.78, 5) is -1.58. The lowest BCUT2D eigenvalue weighted by atomic mass is 9.70. The lowest BCUT2D eigenvalue weighted by Gasteiger charge is -2.45. The van der Waals surface area contributed by atoms with E-state index in [1.165, 1.54) is 0 Å². The van der Waals surface area contributed by atoms with Crippen LogP contribution in [-0.2, 0) is 0 Å². The Balaban J connectivity index is 2.64. The summed E-state index contributed by atoms with van der Waals surface area (Å²) >= 11 is 50.1. The molecule has 2 aliphatic carbocycles. The molecule has 0 unspecified atom stereocenters. The Morgan fingerprint density at radius 2 is 1.61 bits per heavy atom. The van der Waals surface area contributed by atoms with Crippen LogP contribution in [0.25, 0.3) is 0 Å². The number of fused-ring (bicyclic) bond motifs is 2. The van der Waals surface area contributed by atoms with Gasteiger partial charge in [0.15, 0.2) is 0 Å². The molecule has 8 heteroatoms. The molecule has 0 N–H and O–H groups in total. The van der Waals surface area contributed by atoms with Gasteiger partial charge in [-0.05, 0) is 12.8 Å². The Kier molecular flexibility index (Phi) is 4.82. The molecule has 0 aromatic carbocycles. The largest absolute Gasteiger partial charge is 0.126 e. The van der Waals surface area contributed by atoms with E-state index in [9.17, 15) is 0 Å². The highest BCUT2D eigenvalue weighted by Crippen LogP contribution is 2.77. The second-order valence-electron chi connectivity index (χ2n) is 5.01. The van der Waals surface area contributed by atoms with Gasteiger partial charge in [-0.2, -0.15) is 0 Å². The lowest BCUT2D eigenvalue weighted by molar-refractivity contribution is 0.144. The third-order valence-corrected chi connectivity index (χ3v) is 7.89. The molecule has 0 heterocycles. The number of hydrogen-bond donors (Lipinski definition) is 0. The maximum atomic E-state index is 6.43. The van der Waals surface area contributed by atoms with E-state index in [1.54, 1.807) is 0 Å². The molecule has 2 aliphatic rings. The minimum absolute atomic E-state index is 0.162. The van der Waals surface area contributed by atoms with Gasteiger partial charge in [-0.25, -0.2) is 0 Å². The molecule has 4 atom stereocenters. The van der Waals surface area contributed by atoms with Crippen molar-refractivity contribution in [3.8, 4) is 0 Å². The van der Waals surface area contributed by atoms with E-state index in [2.05, 4.69) is 0 Å². The fraction of sp³-hybridized carbons (Fsp3) is 1.00. The van der Waals surface area contributed by atoms with Gasteiger partial charge in [-0.3, -0.25) is 0 Å². The molecule has 2 bridgehead atoms. The van der Waals surface area contributed by atoms with E-state index in [0.717, 1.165) is 0 Å². The summed E-state index contributed by atoms with van der Waals surface area (Å²) in [5.41, 5.74) is -1.55. The van der Waals surface area contributed by atoms with Gasteiger partial charge in [0, 0.05) is 28.0 Å². The first-order chi connectivity index (χ1) is 8.16. The SMILES string of the molecule is ClC[C@@]1(C(Cl)Cl)[C@@H]2C[C@H](Cl)[C@]1(C(Cl)Cl)CC2(Cl)Cl. The minimum Gasteiger partial charge on any atom is -0.126 e. The van der Waals surface area contributed by atoms with E-state index in [1.807, 2.05) is 0 Å². The van der Waals surface area contributed by atoms with Gasteiger partial charge in [0.25, 0.3) is 0 Å². The van der Waals surface area contributed by atoms with Crippen LogP contribution in [0, 0.1) is 16.7 Å². The molecular weight excluding hydrogens is 404 g/mol. The Labute approximate surface area is 146 Å². The first-order valence-corrected chi connectivity index (χ1v) is 8.78. The van der Waals surface area contributed by atoms with E-state index >= 15 is 0 Å². The molecule has 2 fully saturated rings. The second kappa shape index (κ2) is 5.20. The summed E-state index contributed by atoms with van der Waals surface area (Å²) in [5, 5.41) is -0.299. The van der Waals surface area contributed by atoms with E-state index in [4.69, 9.17) is 92.8 Å². The summed E-state index contributed by atoms with van der Waals surface area (Å²) in [5.74, 6) is -0.0660. The normalized spacial score (nSPS) is 46.3. The zero-order valence-electron chi connectivity index (χ0n) is 8.95. The molecule has 0 nitrogen and oxygen atoms in total. The third-order valence-electron chi connectivity index (χ3n) is 4.53. The highest BCUT2D eigenvalue weighted by molar-refractivity contribution is 6.51. The molecular formula is C10H10Cl8.